The smallest absolute Gasteiger partial charge is 0.351 e. The van der Waals surface area contributed by atoms with Crippen LogP contribution in [0.15, 0.2) is 48.5 Å². The Balaban J connectivity index is 1.70. The zero-order valence-electron chi connectivity index (χ0n) is 17.6. The van der Waals surface area contributed by atoms with Crippen molar-refractivity contribution in [2.24, 2.45) is 5.73 Å². The largest absolute Gasteiger partial charge is 0.428 e. The molecule has 0 aromatic heterocycles. The number of hydrogen-bond donors (Lipinski definition) is 2. The van der Waals surface area contributed by atoms with Gasteiger partial charge in [-0.1, -0.05) is 35.9 Å². The predicted molar refractivity (Wildman–Crippen MR) is 112 cm³/mol. The van der Waals surface area contributed by atoms with Gasteiger partial charge < -0.3 is 10.6 Å². The fourth-order valence-electron chi connectivity index (χ4n) is 4.14. The average molecular weight is 524 g/mol. The van der Waals surface area contributed by atoms with Crippen LogP contribution in [0, 0.1) is 0 Å². The summed E-state index contributed by atoms with van der Waals surface area (Å²) in [7, 11) is 0. The van der Waals surface area contributed by atoms with Gasteiger partial charge in [0.05, 0.1) is 16.7 Å². The van der Waals surface area contributed by atoms with Crippen LogP contribution >= 0.6 is 11.6 Å². The third-order valence-electron chi connectivity index (χ3n) is 6.11. The zero-order chi connectivity index (χ0) is 25.8. The number of benzene rings is 2. The highest BCUT2D eigenvalue weighted by molar-refractivity contribution is 6.30. The van der Waals surface area contributed by atoms with Gasteiger partial charge in [-0.25, -0.2) is 9.18 Å². The molecule has 2 aromatic rings. The molecule has 2 aliphatic heterocycles. The van der Waals surface area contributed by atoms with Crippen LogP contribution in [0.4, 0.5) is 35.5 Å². The number of nitrogens with zero attached hydrogens (tertiary/aromatic N) is 1. The van der Waals surface area contributed by atoms with E-state index in [0.29, 0.717) is 23.8 Å². The van der Waals surface area contributed by atoms with Crippen LogP contribution in [-0.4, -0.2) is 36.9 Å². The van der Waals surface area contributed by atoms with Gasteiger partial charge in [-0.2, -0.15) is 26.3 Å². The lowest BCUT2D eigenvalue weighted by Crippen LogP contribution is -2.63. The highest BCUT2D eigenvalue weighted by Gasteiger charge is 2.60. The number of carbonyl (C=O) groups is 1. The average Bonchev–Trinajstić information content (AvgIpc) is 3.20. The quantitative estimate of drug-likeness (QED) is 0.535. The maximum absolute atomic E-state index is 14.2. The van der Waals surface area contributed by atoms with Gasteiger partial charge in [0.2, 0.25) is 5.60 Å². The Hall–Kier alpha value is -2.99. The van der Waals surface area contributed by atoms with Gasteiger partial charge in [0, 0.05) is 23.7 Å². The topological polar surface area (TPSA) is 67.6 Å². The van der Waals surface area contributed by atoms with Crippen LogP contribution in [0.25, 0.3) is 5.70 Å². The maximum Gasteiger partial charge on any atom is 0.428 e. The number of nitrogens with one attached hydrogen (secondary N) is 1. The molecule has 188 valence electrons. The van der Waals surface area contributed by atoms with Crippen LogP contribution in [-0.2, 0) is 22.0 Å². The normalized spacial score (nSPS) is 21.8. The first-order chi connectivity index (χ1) is 16.2. The van der Waals surface area contributed by atoms with Gasteiger partial charge in [0.15, 0.2) is 0 Å². The molecule has 35 heavy (non-hydrogen) atoms. The Kier molecular flexibility index (Phi) is 5.95. The van der Waals surface area contributed by atoms with E-state index in [9.17, 15) is 35.5 Å². The summed E-state index contributed by atoms with van der Waals surface area (Å²) >= 11 is 5.70. The number of hydrogen-bond acceptors (Lipinski definition) is 3. The number of hydroxylamine groups is 1. The summed E-state index contributed by atoms with van der Waals surface area (Å²) in [5, 5.41) is -0.546. The van der Waals surface area contributed by atoms with Crippen LogP contribution in [0.2, 0.25) is 5.02 Å². The summed E-state index contributed by atoms with van der Waals surface area (Å²) in [5.41, 5.74) is 1.43. The van der Waals surface area contributed by atoms with Crippen molar-refractivity contribution < 1.29 is 40.4 Å². The van der Waals surface area contributed by atoms with Crippen LogP contribution in [0.3, 0.4) is 0 Å². The zero-order valence-corrected chi connectivity index (χ0v) is 18.4. The Bertz CT molecular complexity index is 1180. The first-order valence-electron chi connectivity index (χ1n) is 10.0. The van der Waals surface area contributed by atoms with E-state index < -0.39 is 52.2 Å². The number of likely N-dealkylation sites (tertiary alicyclic amines) is 1. The fraction of sp³-hybridized carbons (Fsp3) is 0.318. The minimum Gasteiger partial charge on any atom is -0.351 e. The number of primary amides is 1. The number of amides is 2. The minimum absolute atomic E-state index is 0.0513. The molecule has 0 aliphatic carbocycles. The fourth-order valence-corrected chi connectivity index (χ4v) is 4.38. The molecule has 0 bridgehead atoms. The molecule has 3 N–H and O–H groups in total. The molecule has 1 unspecified atom stereocenters. The molecule has 2 aromatic carbocycles. The molecule has 2 aliphatic rings. The molecule has 4 rings (SSSR count). The molecule has 1 saturated heterocycles. The molecule has 0 saturated carbocycles. The van der Waals surface area contributed by atoms with Crippen LogP contribution in [0.5, 0.6) is 0 Å². The third-order valence-corrected chi connectivity index (χ3v) is 6.33. The lowest BCUT2D eigenvalue weighted by atomic mass is 9.74. The lowest BCUT2D eigenvalue weighted by Gasteiger charge is -2.48. The Labute approximate surface area is 199 Å². The van der Waals surface area contributed by atoms with Crippen molar-refractivity contribution in [2.75, 3.05) is 19.8 Å². The van der Waals surface area contributed by atoms with E-state index in [1.807, 2.05) is 0 Å². The van der Waals surface area contributed by atoms with Gasteiger partial charge in [-0.3, -0.25) is 10.3 Å². The second kappa shape index (κ2) is 8.30. The summed E-state index contributed by atoms with van der Waals surface area (Å²) in [6.07, 6.45) is -9.46. The molecule has 13 heteroatoms. The van der Waals surface area contributed by atoms with Crippen molar-refractivity contribution in [1.82, 2.24) is 10.4 Å². The summed E-state index contributed by atoms with van der Waals surface area (Å²) in [5.74, 6) is 0. The van der Waals surface area contributed by atoms with Crippen molar-refractivity contribution in [3.63, 3.8) is 0 Å². The Morgan fingerprint density at radius 3 is 2.20 bits per heavy atom. The number of halogens is 8. The van der Waals surface area contributed by atoms with E-state index >= 15 is 0 Å². The lowest BCUT2D eigenvalue weighted by molar-refractivity contribution is -0.269. The third kappa shape index (κ3) is 4.29. The minimum atomic E-state index is -5.16. The van der Waals surface area contributed by atoms with E-state index in [0.717, 1.165) is 6.07 Å². The Morgan fingerprint density at radius 1 is 1.06 bits per heavy atom. The molecule has 2 amide bonds. The number of nitrogens with two attached hydrogens (primary N) is 1. The highest BCUT2D eigenvalue weighted by Crippen LogP contribution is 2.49. The molecule has 0 spiro atoms. The monoisotopic (exact) mass is 523 g/mol. The predicted octanol–water partition coefficient (Wildman–Crippen LogP) is 5.29. The van der Waals surface area contributed by atoms with Gasteiger partial charge in [-0.15, -0.1) is 0 Å². The first kappa shape index (κ1) is 25.1. The highest BCUT2D eigenvalue weighted by atomic mass is 35.5. The molecule has 5 nitrogen and oxygen atoms in total. The van der Waals surface area contributed by atoms with Crippen LogP contribution < -0.4 is 11.2 Å². The van der Waals surface area contributed by atoms with E-state index in [1.54, 1.807) is 0 Å². The number of alkyl halides is 7. The molecular formula is C22H17ClF7N3O2. The van der Waals surface area contributed by atoms with Gasteiger partial charge in [0.25, 0.3) is 0 Å². The second-order valence-electron chi connectivity index (χ2n) is 8.41. The first-order valence-corrected chi connectivity index (χ1v) is 10.4. The number of urea groups is 1. The summed E-state index contributed by atoms with van der Waals surface area (Å²) in [4.78, 5) is 17.3. The molecule has 0 radical (unpaired) electrons. The Morgan fingerprint density at radius 2 is 1.69 bits per heavy atom. The summed E-state index contributed by atoms with van der Waals surface area (Å²) < 4.78 is 95.8. The van der Waals surface area contributed by atoms with E-state index in [2.05, 4.69) is 5.48 Å². The number of rotatable bonds is 4. The van der Waals surface area contributed by atoms with E-state index in [-0.39, 0.29) is 24.4 Å². The summed E-state index contributed by atoms with van der Waals surface area (Å²) in [6, 6.07) is 6.70. The van der Waals surface area contributed by atoms with Crippen molar-refractivity contribution in [1.29, 1.82) is 0 Å². The number of carbonyl (C=O) groups excluding carboxylic acids is 1. The van der Waals surface area contributed by atoms with Crippen molar-refractivity contribution >= 4 is 23.3 Å². The van der Waals surface area contributed by atoms with E-state index in [1.165, 1.54) is 29.2 Å². The van der Waals surface area contributed by atoms with Gasteiger partial charge in [0.1, 0.15) is 6.67 Å². The van der Waals surface area contributed by atoms with Crippen molar-refractivity contribution in [2.45, 2.75) is 23.4 Å². The standard InChI is InChI=1S/C22H17ClF7N3O2/c23-16-6-14(5-15(7-16)21(25,26)27)20(22(28,29)30)8-17(32-35-20)12-1-3-13(4-2-12)19(9-24)10-33(11-19)18(31)34/h1-8,32H,9-11H2,(H2,31,34). The second-order valence-corrected chi connectivity index (χ2v) is 8.84. The van der Waals surface area contributed by atoms with Crippen molar-refractivity contribution in [3.05, 3.63) is 75.8 Å². The van der Waals surface area contributed by atoms with Crippen molar-refractivity contribution in [3.8, 4) is 0 Å². The maximum atomic E-state index is 14.2. The molecule has 1 atom stereocenters. The van der Waals surface area contributed by atoms with Crippen LogP contribution in [0.1, 0.15) is 22.3 Å². The van der Waals surface area contributed by atoms with Gasteiger partial charge >= 0.3 is 18.4 Å². The molecular weight excluding hydrogens is 507 g/mol. The molecule has 2 heterocycles. The van der Waals surface area contributed by atoms with E-state index in [4.69, 9.17) is 22.2 Å². The summed E-state index contributed by atoms with van der Waals surface area (Å²) in [6.45, 7) is -0.681. The van der Waals surface area contributed by atoms with Gasteiger partial charge in [-0.05, 0) is 35.4 Å². The SMILES string of the molecule is NC(=O)N1CC(CF)(c2ccc(C3=CC(c4cc(Cl)cc(C(F)(F)F)c4)(C(F)(F)F)ON3)cc2)C1. The molecule has 1 fully saturated rings.